The van der Waals surface area contributed by atoms with Crippen molar-refractivity contribution in [3.8, 4) is 11.5 Å². The molecule has 1 aromatic rings. The van der Waals surface area contributed by atoms with Crippen LogP contribution in [0.1, 0.15) is 32.3 Å². The van der Waals surface area contributed by atoms with Crippen LogP contribution < -0.4 is 14.8 Å². The van der Waals surface area contributed by atoms with E-state index >= 15 is 0 Å². The Morgan fingerprint density at radius 1 is 1.12 bits per heavy atom. The van der Waals surface area contributed by atoms with E-state index in [1.807, 2.05) is 19.9 Å². The first-order valence-electron chi connectivity index (χ1n) is 6.45. The van der Waals surface area contributed by atoms with E-state index in [4.69, 9.17) is 9.47 Å². The Morgan fingerprint density at radius 2 is 1.82 bits per heavy atom. The lowest BCUT2D eigenvalue weighted by Gasteiger charge is -2.12. The molecule has 1 aromatic carbocycles. The maximum absolute atomic E-state index is 5.60. The third-order valence-electron chi connectivity index (χ3n) is 2.78. The Bertz CT molecular complexity index is 361. The van der Waals surface area contributed by atoms with Crippen molar-refractivity contribution >= 4 is 0 Å². The molecule has 3 heteroatoms. The van der Waals surface area contributed by atoms with E-state index in [0.29, 0.717) is 13.2 Å². The average Bonchev–Trinajstić information content (AvgIpc) is 3.14. The van der Waals surface area contributed by atoms with Crippen LogP contribution in [0.5, 0.6) is 11.5 Å². The minimum absolute atomic E-state index is 0.666. The molecular weight excluding hydrogens is 214 g/mol. The van der Waals surface area contributed by atoms with Gasteiger partial charge in [-0.1, -0.05) is 6.07 Å². The lowest BCUT2D eigenvalue weighted by molar-refractivity contribution is 0.287. The second kappa shape index (κ2) is 5.92. The van der Waals surface area contributed by atoms with Crippen molar-refractivity contribution in [2.45, 2.75) is 39.3 Å². The molecular formula is C14H21NO2. The van der Waals surface area contributed by atoms with Gasteiger partial charge in [0, 0.05) is 12.6 Å². The molecule has 94 valence electrons. The number of nitrogens with one attached hydrogen (secondary N) is 1. The Morgan fingerprint density at radius 3 is 2.47 bits per heavy atom. The third-order valence-corrected chi connectivity index (χ3v) is 2.78. The van der Waals surface area contributed by atoms with Crippen molar-refractivity contribution in [2.24, 2.45) is 0 Å². The quantitative estimate of drug-likeness (QED) is 0.788. The molecule has 1 aliphatic carbocycles. The van der Waals surface area contributed by atoms with E-state index in [1.54, 1.807) is 0 Å². The molecule has 0 radical (unpaired) electrons. The van der Waals surface area contributed by atoms with Gasteiger partial charge in [0.1, 0.15) is 0 Å². The predicted molar refractivity (Wildman–Crippen MR) is 68.6 cm³/mol. The monoisotopic (exact) mass is 235 g/mol. The zero-order valence-electron chi connectivity index (χ0n) is 10.7. The average molecular weight is 235 g/mol. The standard InChI is InChI=1S/C14H21NO2/c1-3-16-13-8-5-11(9-14(13)17-4-2)10-15-12-6-7-12/h5,8-9,12,15H,3-4,6-7,10H2,1-2H3. The molecule has 1 fully saturated rings. The molecule has 0 atom stereocenters. The zero-order chi connectivity index (χ0) is 12.1. The molecule has 1 aliphatic rings. The van der Waals surface area contributed by atoms with Crippen LogP contribution in [0, 0.1) is 0 Å². The van der Waals surface area contributed by atoms with Crippen LogP contribution in [-0.4, -0.2) is 19.3 Å². The van der Waals surface area contributed by atoms with Gasteiger partial charge in [0.15, 0.2) is 11.5 Å². The van der Waals surface area contributed by atoms with Crippen molar-refractivity contribution in [1.29, 1.82) is 0 Å². The summed E-state index contributed by atoms with van der Waals surface area (Å²) in [5.74, 6) is 1.69. The normalized spacial score (nSPS) is 14.7. The maximum Gasteiger partial charge on any atom is 0.161 e. The van der Waals surface area contributed by atoms with Crippen LogP contribution in [0.25, 0.3) is 0 Å². The third kappa shape index (κ3) is 3.63. The molecule has 0 heterocycles. The molecule has 1 N–H and O–H groups in total. The number of hydrogen-bond donors (Lipinski definition) is 1. The van der Waals surface area contributed by atoms with Crippen molar-refractivity contribution in [3.63, 3.8) is 0 Å². The largest absolute Gasteiger partial charge is 0.490 e. The zero-order valence-corrected chi connectivity index (χ0v) is 10.7. The second-order valence-electron chi connectivity index (χ2n) is 4.30. The fourth-order valence-corrected chi connectivity index (χ4v) is 1.76. The van der Waals surface area contributed by atoms with E-state index in [9.17, 15) is 0 Å². The first-order valence-corrected chi connectivity index (χ1v) is 6.45. The number of ether oxygens (including phenoxy) is 2. The summed E-state index contributed by atoms with van der Waals surface area (Å²) in [6.45, 7) is 6.22. The Hall–Kier alpha value is -1.22. The first-order chi connectivity index (χ1) is 8.33. The van der Waals surface area contributed by atoms with Gasteiger partial charge in [-0.3, -0.25) is 0 Å². The van der Waals surface area contributed by atoms with Crippen LogP contribution in [-0.2, 0) is 6.54 Å². The molecule has 0 unspecified atom stereocenters. The molecule has 3 nitrogen and oxygen atoms in total. The highest BCUT2D eigenvalue weighted by Crippen LogP contribution is 2.29. The summed E-state index contributed by atoms with van der Waals surface area (Å²) in [6, 6.07) is 6.91. The molecule has 0 aromatic heterocycles. The van der Waals surface area contributed by atoms with Crippen LogP contribution in [0.15, 0.2) is 18.2 Å². The predicted octanol–water partition coefficient (Wildman–Crippen LogP) is 2.74. The number of hydrogen-bond acceptors (Lipinski definition) is 3. The molecule has 0 aliphatic heterocycles. The summed E-state index contributed by atoms with van der Waals surface area (Å²) in [5, 5.41) is 3.50. The Kier molecular flexibility index (Phi) is 4.26. The van der Waals surface area contributed by atoms with Crippen molar-refractivity contribution in [1.82, 2.24) is 5.32 Å². The summed E-state index contributed by atoms with van der Waals surface area (Å²) in [6.07, 6.45) is 2.63. The van der Waals surface area contributed by atoms with E-state index in [1.165, 1.54) is 18.4 Å². The van der Waals surface area contributed by atoms with Gasteiger partial charge in [-0.25, -0.2) is 0 Å². The van der Waals surface area contributed by atoms with Gasteiger partial charge in [-0.05, 0) is 44.4 Å². The fraction of sp³-hybridized carbons (Fsp3) is 0.571. The summed E-state index contributed by atoms with van der Waals surface area (Å²) >= 11 is 0. The van der Waals surface area contributed by atoms with E-state index < -0.39 is 0 Å². The lowest BCUT2D eigenvalue weighted by atomic mass is 10.2. The first kappa shape index (κ1) is 12.2. The minimum Gasteiger partial charge on any atom is -0.490 e. The van der Waals surface area contributed by atoms with Crippen molar-refractivity contribution < 1.29 is 9.47 Å². The summed E-state index contributed by atoms with van der Waals surface area (Å²) in [5.41, 5.74) is 1.25. The minimum atomic E-state index is 0.666. The van der Waals surface area contributed by atoms with E-state index in [0.717, 1.165) is 24.1 Å². The molecule has 0 amide bonds. The van der Waals surface area contributed by atoms with Crippen LogP contribution >= 0.6 is 0 Å². The Balaban J connectivity index is 2.03. The van der Waals surface area contributed by atoms with E-state index in [2.05, 4.69) is 17.4 Å². The second-order valence-corrected chi connectivity index (χ2v) is 4.30. The number of rotatable bonds is 7. The Labute approximate surface area is 103 Å². The highest BCUT2D eigenvalue weighted by atomic mass is 16.5. The van der Waals surface area contributed by atoms with Gasteiger partial charge in [-0.2, -0.15) is 0 Å². The summed E-state index contributed by atoms with van der Waals surface area (Å²) < 4.78 is 11.1. The molecule has 0 bridgehead atoms. The van der Waals surface area contributed by atoms with Gasteiger partial charge in [0.2, 0.25) is 0 Å². The van der Waals surface area contributed by atoms with Gasteiger partial charge >= 0.3 is 0 Å². The fourth-order valence-electron chi connectivity index (χ4n) is 1.76. The smallest absolute Gasteiger partial charge is 0.161 e. The molecule has 17 heavy (non-hydrogen) atoms. The molecule has 0 spiro atoms. The van der Waals surface area contributed by atoms with Crippen LogP contribution in [0.3, 0.4) is 0 Å². The van der Waals surface area contributed by atoms with Gasteiger partial charge < -0.3 is 14.8 Å². The van der Waals surface area contributed by atoms with Crippen LogP contribution in [0.4, 0.5) is 0 Å². The van der Waals surface area contributed by atoms with Gasteiger partial charge in [0.05, 0.1) is 13.2 Å². The van der Waals surface area contributed by atoms with Gasteiger partial charge in [0.25, 0.3) is 0 Å². The molecule has 1 saturated carbocycles. The SMILES string of the molecule is CCOc1ccc(CNC2CC2)cc1OCC. The van der Waals surface area contributed by atoms with Crippen molar-refractivity contribution in [2.75, 3.05) is 13.2 Å². The highest BCUT2D eigenvalue weighted by Gasteiger charge is 2.20. The van der Waals surface area contributed by atoms with Gasteiger partial charge in [-0.15, -0.1) is 0 Å². The van der Waals surface area contributed by atoms with Crippen molar-refractivity contribution in [3.05, 3.63) is 23.8 Å². The van der Waals surface area contributed by atoms with Crippen LogP contribution in [0.2, 0.25) is 0 Å². The lowest BCUT2D eigenvalue weighted by Crippen LogP contribution is -2.15. The highest BCUT2D eigenvalue weighted by molar-refractivity contribution is 5.43. The number of benzene rings is 1. The topological polar surface area (TPSA) is 30.5 Å². The van der Waals surface area contributed by atoms with E-state index in [-0.39, 0.29) is 0 Å². The molecule has 0 saturated heterocycles. The summed E-state index contributed by atoms with van der Waals surface area (Å²) in [4.78, 5) is 0. The maximum atomic E-state index is 5.60. The molecule has 2 rings (SSSR count). The summed E-state index contributed by atoms with van der Waals surface area (Å²) in [7, 11) is 0.